The van der Waals surface area contributed by atoms with Crippen molar-refractivity contribution in [1.82, 2.24) is 4.98 Å². The summed E-state index contributed by atoms with van der Waals surface area (Å²) in [5, 5.41) is 0. The predicted molar refractivity (Wildman–Crippen MR) is 67.1 cm³/mol. The van der Waals surface area contributed by atoms with E-state index in [0.717, 1.165) is 0 Å². The summed E-state index contributed by atoms with van der Waals surface area (Å²) in [5.74, 6) is 0. The topological polar surface area (TPSA) is 38.9 Å². The largest absolute Gasteiger partial charge is 0.323 e. The molecule has 2 N–H and O–H groups in total. The highest BCUT2D eigenvalue weighted by Crippen LogP contribution is 2.44. The van der Waals surface area contributed by atoms with Gasteiger partial charge >= 0.3 is 0 Å². The molecule has 0 aromatic carbocycles. The first-order valence-electron chi connectivity index (χ1n) is 6.29. The lowest BCUT2D eigenvalue weighted by Gasteiger charge is -2.39. The zero-order valence-electron chi connectivity index (χ0n) is 10.4. The number of pyridine rings is 1. The molecule has 0 spiro atoms. The van der Waals surface area contributed by atoms with Gasteiger partial charge in [-0.2, -0.15) is 0 Å². The van der Waals surface area contributed by atoms with Crippen molar-refractivity contribution in [2.24, 2.45) is 11.1 Å². The number of hydrogen-bond donors (Lipinski definition) is 1. The van der Waals surface area contributed by atoms with Crippen molar-refractivity contribution in [3.05, 3.63) is 29.6 Å². The molecular weight excluding hydrogens is 196 g/mol. The van der Waals surface area contributed by atoms with Gasteiger partial charge in [0.15, 0.2) is 0 Å². The molecule has 2 heteroatoms. The van der Waals surface area contributed by atoms with Crippen LogP contribution in [0, 0.1) is 12.3 Å². The normalized spacial score (nSPS) is 21.7. The molecule has 1 aliphatic carbocycles. The maximum atomic E-state index is 6.46. The lowest BCUT2D eigenvalue weighted by Crippen LogP contribution is -2.34. The van der Waals surface area contributed by atoms with Gasteiger partial charge in [0.05, 0.1) is 0 Å². The maximum Gasteiger partial charge on any atom is 0.0367 e. The summed E-state index contributed by atoms with van der Waals surface area (Å²) in [5.41, 5.74) is 9.24. The molecule has 2 rings (SSSR count). The molecule has 0 amide bonds. The lowest BCUT2D eigenvalue weighted by molar-refractivity contribution is 0.169. The molecule has 0 radical (unpaired) electrons. The Morgan fingerprint density at radius 1 is 1.31 bits per heavy atom. The number of aromatic nitrogens is 1. The highest BCUT2D eigenvalue weighted by atomic mass is 14.7. The third kappa shape index (κ3) is 2.12. The van der Waals surface area contributed by atoms with Gasteiger partial charge in [-0.25, -0.2) is 0 Å². The molecule has 2 nitrogen and oxygen atoms in total. The van der Waals surface area contributed by atoms with E-state index in [1.807, 2.05) is 12.4 Å². The Hall–Kier alpha value is -0.890. The van der Waals surface area contributed by atoms with Gasteiger partial charge in [0.1, 0.15) is 0 Å². The molecule has 1 saturated carbocycles. The standard InChI is InChI=1S/C14H22N2/c1-11-6-9-16-10-12(11)13(15)14(2)7-4-3-5-8-14/h6,9-10,13H,3-5,7-8,15H2,1-2H3. The molecular formula is C14H22N2. The summed E-state index contributed by atoms with van der Waals surface area (Å²) in [6.45, 7) is 4.46. The van der Waals surface area contributed by atoms with Gasteiger partial charge in [-0.05, 0) is 42.4 Å². The number of rotatable bonds is 2. The Balaban J connectivity index is 2.24. The summed E-state index contributed by atoms with van der Waals surface area (Å²) in [7, 11) is 0. The van der Waals surface area contributed by atoms with E-state index in [0.29, 0.717) is 0 Å². The third-order valence-corrected chi connectivity index (χ3v) is 4.16. The second-order valence-electron chi connectivity index (χ2n) is 5.42. The van der Waals surface area contributed by atoms with E-state index in [-0.39, 0.29) is 11.5 Å². The zero-order valence-corrected chi connectivity index (χ0v) is 10.4. The van der Waals surface area contributed by atoms with Crippen molar-refractivity contribution >= 4 is 0 Å². The Labute approximate surface area is 98.3 Å². The first kappa shape index (κ1) is 11.6. The van der Waals surface area contributed by atoms with Crippen LogP contribution in [0.3, 0.4) is 0 Å². The zero-order chi connectivity index (χ0) is 11.6. The fourth-order valence-corrected chi connectivity index (χ4v) is 2.85. The van der Waals surface area contributed by atoms with Crippen molar-refractivity contribution in [3.8, 4) is 0 Å². The van der Waals surface area contributed by atoms with Gasteiger partial charge in [-0.15, -0.1) is 0 Å². The Morgan fingerprint density at radius 2 is 2.00 bits per heavy atom. The maximum absolute atomic E-state index is 6.46. The van der Waals surface area contributed by atoms with E-state index >= 15 is 0 Å². The Bertz CT molecular complexity index is 354. The Kier molecular flexibility index (Phi) is 3.29. The lowest BCUT2D eigenvalue weighted by atomic mass is 9.69. The van der Waals surface area contributed by atoms with Gasteiger partial charge in [0, 0.05) is 18.4 Å². The molecule has 0 saturated heterocycles. The third-order valence-electron chi connectivity index (χ3n) is 4.16. The smallest absolute Gasteiger partial charge is 0.0367 e. The molecule has 1 aromatic rings. The van der Waals surface area contributed by atoms with Crippen LogP contribution in [0.5, 0.6) is 0 Å². The second-order valence-corrected chi connectivity index (χ2v) is 5.42. The van der Waals surface area contributed by atoms with Gasteiger partial charge < -0.3 is 5.73 Å². The Morgan fingerprint density at radius 3 is 2.62 bits per heavy atom. The first-order valence-corrected chi connectivity index (χ1v) is 6.29. The molecule has 1 aliphatic rings. The van der Waals surface area contributed by atoms with E-state index in [2.05, 4.69) is 24.9 Å². The number of hydrogen-bond acceptors (Lipinski definition) is 2. The molecule has 1 heterocycles. The van der Waals surface area contributed by atoms with Crippen molar-refractivity contribution in [2.75, 3.05) is 0 Å². The van der Waals surface area contributed by atoms with E-state index in [1.165, 1.54) is 43.2 Å². The molecule has 1 unspecified atom stereocenters. The molecule has 1 fully saturated rings. The quantitative estimate of drug-likeness (QED) is 0.826. The highest BCUT2D eigenvalue weighted by molar-refractivity contribution is 5.26. The minimum absolute atomic E-state index is 0.140. The minimum Gasteiger partial charge on any atom is -0.323 e. The van der Waals surface area contributed by atoms with Crippen LogP contribution < -0.4 is 5.73 Å². The fraction of sp³-hybridized carbons (Fsp3) is 0.643. The average molecular weight is 218 g/mol. The van der Waals surface area contributed by atoms with Crippen LogP contribution in [0.4, 0.5) is 0 Å². The molecule has 0 aliphatic heterocycles. The van der Waals surface area contributed by atoms with E-state index < -0.39 is 0 Å². The summed E-state index contributed by atoms with van der Waals surface area (Å²) >= 11 is 0. The van der Waals surface area contributed by atoms with Gasteiger partial charge in [-0.3, -0.25) is 4.98 Å². The van der Waals surface area contributed by atoms with Crippen LogP contribution in [0.15, 0.2) is 18.5 Å². The number of aryl methyl sites for hydroxylation is 1. The number of nitrogens with two attached hydrogens (primary N) is 1. The molecule has 1 aromatic heterocycles. The van der Waals surface area contributed by atoms with Crippen molar-refractivity contribution in [3.63, 3.8) is 0 Å². The van der Waals surface area contributed by atoms with Crippen LogP contribution >= 0.6 is 0 Å². The van der Waals surface area contributed by atoms with Crippen molar-refractivity contribution in [1.29, 1.82) is 0 Å². The van der Waals surface area contributed by atoms with E-state index in [1.54, 1.807) is 0 Å². The van der Waals surface area contributed by atoms with E-state index in [9.17, 15) is 0 Å². The number of nitrogens with zero attached hydrogens (tertiary/aromatic N) is 1. The van der Waals surface area contributed by atoms with Crippen LogP contribution in [0.25, 0.3) is 0 Å². The first-order chi connectivity index (χ1) is 7.63. The predicted octanol–water partition coefficient (Wildman–Crippen LogP) is 3.36. The summed E-state index contributed by atoms with van der Waals surface area (Å²) in [4.78, 5) is 4.21. The van der Waals surface area contributed by atoms with Gasteiger partial charge in [-0.1, -0.05) is 26.2 Å². The van der Waals surface area contributed by atoms with E-state index in [4.69, 9.17) is 5.73 Å². The van der Waals surface area contributed by atoms with Crippen molar-refractivity contribution < 1.29 is 0 Å². The van der Waals surface area contributed by atoms with Crippen molar-refractivity contribution in [2.45, 2.75) is 52.0 Å². The SMILES string of the molecule is Cc1ccncc1C(N)C1(C)CCCCC1. The van der Waals surface area contributed by atoms with Crippen LogP contribution in [0.2, 0.25) is 0 Å². The summed E-state index contributed by atoms with van der Waals surface area (Å²) < 4.78 is 0. The van der Waals surface area contributed by atoms with Crippen LogP contribution in [-0.2, 0) is 0 Å². The monoisotopic (exact) mass is 218 g/mol. The summed E-state index contributed by atoms with van der Waals surface area (Å²) in [6, 6.07) is 2.20. The summed E-state index contributed by atoms with van der Waals surface area (Å²) in [6.07, 6.45) is 10.3. The van der Waals surface area contributed by atoms with Gasteiger partial charge in [0.2, 0.25) is 0 Å². The molecule has 1 atom stereocenters. The van der Waals surface area contributed by atoms with Gasteiger partial charge in [0.25, 0.3) is 0 Å². The molecule has 88 valence electrons. The molecule has 16 heavy (non-hydrogen) atoms. The average Bonchev–Trinajstić information content (AvgIpc) is 2.30. The molecule has 0 bridgehead atoms. The second kappa shape index (κ2) is 4.54. The minimum atomic E-state index is 0.140. The van der Waals surface area contributed by atoms with Crippen LogP contribution in [-0.4, -0.2) is 4.98 Å². The highest BCUT2D eigenvalue weighted by Gasteiger charge is 2.34. The van der Waals surface area contributed by atoms with Crippen LogP contribution in [0.1, 0.15) is 56.2 Å². The fourth-order valence-electron chi connectivity index (χ4n) is 2.85.